The number of carbonyl (C=O) groups is 1. The first-order valence-electron chi connectivity index (χ1n) is 6.69. The van der Waals surface area contributed by atoms with Crippen molar-refractivity contribution >= 4 is 17.5 Å². The molecule has 100 valence electrons. The van der Waals surface area contributed by atoms with Crippen LogP contribution in [0.15, 0.2) is 16.5 Å². The summed E-state index contributed by atoms with van der Waals surface area (Å²) in [5.41, 5.74) is 0. The van der Waals surface area contributed by atoms with Gasteiger partial charge in [-0.1, -0.05) is 25.7 Å². The molecule has 1 fully saturated rings. The second-order valence-electron chi connectivity index (χ2n) is 5.01. The normalized spacial score (nSPS) is 17.9. The van der Waals surface area contributed by atoms with Crippen molar-refractivity contribution in [3.05, 3.63) is 23.7 Å². The highest BCUT2D eigenvalue weighted by Crippen LogP contribution is 2.27. The smallest absolute Gasteiger partial charge is 0.286 e. The Hall–Kier alpha value is -0.960. The van der Waals surface area contributed by atoms with Crippen molar-refractivity contribution in [1.82, 2.24) is 5.32 Å². The number of hydrogen-bond donors (Lipinski definition) is 1. The Labute approximate surface area is 113 Å². The molecular weight excluding hydrogens is 250 g/mol. The summed E-state index contributed by atoms with van der Waals surface area (Å²) in [6.07, 6.45) is 6.38. The Bertz CT molecular complexity index is 394. The number of amides is 1. The fourth-order valence-corrected chi connectivity index (χ4v) is 2.58. The average molecular weight is 270 g/mol. The molecular formula is C14H20ClNO2. The third-order valence-electron chi connectivity index (χ3n) is 3.56. The lowest BCUT2D eigenvalue weighted by molar-refractivity contribution is 0.0922. The summed E-state index contributed by atoms with van der Waals surface area (Å²) < 4.78 is 5.39. The fraction of sp³-hybridized carbons (Fsp3) is 0.643. The monoisotopic (exact) mass is 269 g/mol. The third-order valence-corrected chi connectivity index (χ3v) is 3.77. The molecule has 18 heavy (non-hydrogen) atoms. The van der Waals surface area contributed by atoms with Crippen LogP contribution in [0.5, 0.6) is 0 Å². The van der Waals surface area contributed by atoms with Gasteiger partial charge in [-0.3, -0.25) is 4.79 Å². The predicted octanol–water partition coefficient (Wildman–Crippen LogP) is 3.89. The Morgan fingerprint density at radius 3 is 2.83 bits per heavy atom. The molecule has 0 bridgehead atoms. The van der Waals surface area contributed by atoms with E-state index in [0.717, 1.165) is 18.9 Å². The van der Waals surface area contributed by atoms with Crippen molar-refractivity contribution in [2.75, 3.05) is 6.54 Å². The maximum atomic E-state index is 11.8. The van der Waals surface area contributed by atoms with E-state index in [1.54, 1.807) is 12.1 Å². The first-order valence-corrected chi connectivity index (χ1v) is 7.12. The zero-order valence-electron chi connectivity index (χ0n) is 10.7. The number of rotatable bonds is 5. The minimum atomic E-state index is -0.204. The highest BCUT2D eigenvalue weighted by Gasteiger charge is 2.16. The zero-order chi connectivity index (χ0) is 13.0. The fourth-order valence-electron chi connectivity index (χ4n) is 2.46. The molecule has 0 spiro atoms. The maximum absolute atomic E-state index is 11.8. The van der Waals surface area contributed by atoms with Crippen LogP contribution in [0.25, 0.3) is 0 Å². The molecule has 1 N–H and O–H groups in total. The summed E-state index contributed by atoms with van der Waals surface area (Å²) in [5.74, 6) is 1.64. The van der Waals surface area contributed by atoms with E-state index in [9.17, 15) is 4.79 Å². The van der Waals surface area contributed by atoms with E-state index in [0.29, 0.717) is 11.5 Å². The summed E-state index contributed by atoms with van der Waals surface area (Å²) in [5, 5.41) is 2.70. The minimum Gasteiger partial charge on any atom is -0.454 e. The molecule has 4 heteroatoms. The van der Waals surface area contributed by atoms with Gasteiger partial charge in [0.1, 0.15) is 5.76 Å². The Balaban J connectivity index is 1.76. The van der Waals surface area contributed by atoms with Crippen molar-refractivity contribution in [3.63, 3.8) is 0 Å². The summed E-state index contributed by atoms with van der Waals surface area (Å²) in [6, 6.07) is 3.43. The number of hydrogen-bond acceptors (Lipinski definition) is 2. The van der Waals surface area contributed by atoms with Crippen LogP contribution in [0.2, 0.25) is 0 Å². The molecule has 1 amide bonds. The van der Waals surface area contributed by atoms with Crippen LogP contribution >= 0.6 is 11.6 Å². The van der Waals surface area contributed by atoms with Crippen molar-refractivity contribution in [1.29, 1.82) is 0 Å². The highest BCUT2D eigenvalue weighted by molar-refractivity contribution is 6.20. The van der Waals surface area contributed by atoms with E-state index in [-0.39, 0.29) is 11.3 Å². The molecule has 1 aromatic heterocycles. The van der Waals surface area contributed by atoms with Gasteiger partial charge in [-0.15, -0.1) is 11.6 Å². The van der Waals surface area contributed by atoms with Gasteiger partial charge in [0.2, 0.25) is 0 Å². The van der Waals surface area contributed by atoms with Gasteiger partial charge in [0.15, 0.2) is 5.76 Å². The van der Waals surface area contributed by atoms with Crippen LogP contribution in [0.1, 0.15) is 60.7 Å². The molecule has 1 aliphatic rings. The summed E-state index contributed by atoms with van der Waals surface area (Å²) in [7, 11) is 0. The second kappa shape index (κ2) is 6.28. The van der Waals surface area contributed by atoms with Crippen molar-refractivity contribution in [3.8, 4) is 0 Å². The molecule has 1 heterocycles. The van der Waals surface area contributed by atoms with Crippen molar-refractivity contribution in [2.24, 2.45) is 5.92 Å². The molecule has 1 atom stereocenters. The highest BCUT2D eigenvalue weighted by atomic mass is 35.5. The first-order chi connectivity index (χ1) is 8.66. The summed E-state index contributed by atoms with van der Waals surface area (Å²) >= 11 is 5.89. The largest absolute Gasteiger partial charge is 0.454 e. The van der Waals surface area contributed by atoms with E-state index in [4.69, 9.17) is 16.0 Å². The molecule has 0 aromatic carbocycles. The molecule has 3 nitrogen and oxygen atoms in total. The van der Waals surface area contributed by atoms with E-state index >= 15 is 0 Å². The molecule has 0 radical (unpaired) electrons. The number of alkyl halides is 1. The Morgan fingerprint density at radius 1 is 1.50 bits per heavy atom. The lowest BCUT2D eigenvalue weighted by Gasteiger charge is -2.08. The summed E-state index contributed by atoms with van der Waals surface area (Å²) in [4.78, 5) is 11.8. The Kier molecular flexibility index (Phi) is 4.70. The first kappa shape index (κ1) is 13.5. The minimum absolute atomic E-state index is 0.142. The number of nitrogens with one attached hydrogen (secondary N) is 1. The topological polar surface area (TPSA) is 42.2 Å². The van der Waals surface area contributed by atoms with E-state index in [1.807, 2.05) is 6.92 Å². The molecule has 1 unspecified atom stereocenters. The van der Waals surface area contributed by atoms with Crippen LogP contribution in [-0.4, -0.2) is 12.5 Å². The van der Waals surface area contributed by atoms with Gasteiger partial charge in [-0.2, -0.15) is 0 Å². The molecule has 2 rings (SSSR count). The van der Waals surface area contributed by atoms with Gasteiger partial charge in [-0.05, 0) is 31.4 Å². The van der Waals surface area contributed by atoms with Crippen LogP contribution in [0.3, 0.4) is 0 Å². The van der Waals surface area contributed by atoms with Crippen LogP contribution in [0.4, 0.5) is 0 Å². The average Bonchev–Trinajstić information content (AvgIpc) is 2.99. The lowest BCUT2D eigenvalue weighted by atomic mass is 10.0. The zero-order valence-corrected chi connectivity index (χ0v) is 11.5. The quantitative estimate of drug-likeness (QED) is 0.824. The predicted molar refractivity (Wildman–Crippen MR) is 71.9 cm³/mol. The molecule has 0 saturated heterocycles. The van der Waals surface area contributed by atoms with Gasteiger partial charge in [-0.25, -0.2) is 0 Å². The van der Waals surface area contributed by atoms with Gasteiger partial charge in [0, 0.05) is 6.54 Å². The maximum Gasteiger partial charge on any atom is 0.286 e. The molecule has 1 saturated carbocycles. The second-order valence-corrected chi connectivity index (χ2v) is 5.67. The van der Waals surface area contributed by atoms with E-state index in [1.165, 1.54) is 25.7 Å². The molecule has 1 aromatic rings. The standard InChI is InChI=1S/C14H20ClNO2/c1-10(15)12-6-7-13(18-12)14(17)16-9-8-11-4-2-3-5-11/h6-7,10-11H,2-5,8-9H2,1H3,(H,16,17). The third kappa shape index (κ3) is 3.52. The van der Waals surface area contributed by atoms with Crippen molar-refractivity contribution in [2.45, 2.75) is 44.4 Å². The van der Waals surface area contributed by atoms with E-state index < -0.39 is 0 Å². The van der Waals surface area contributed by atoms with Gasteiger partial charge >= 0.3 is 0 Å². The van der Waals surface area contributed by atoms with Gasteiger partial charge < -0.3 is 9.73 Å². The van der Waals surface area contributed by atoms with Crippen molar-refractivity contribution < 1.29 is 9.21 Å². The van der Waals surface area contributed by atoms with Crippen LogP contribution in [0, 0.1) is 5.92 Å². The van der Waals surface area contributed by atoms with Gasteiger partial charge in [0.05, 0.1) is 5.38 Å². The SMILES string of the molecule is CC(Cl)c1ccc(C(=O)NCCC2CCCC2)o1. The molecule has 0 aliphatic heterocycles. The van der Waals surface area contributed by atoms with E-state index in [2.05, 4.69) is 5.32 Å². The number of halogens is 1. The van der Waals surface area contributed by atoms with Crippen LogP contribution < -0.4 is 5.32 Å². The van der Waals surface area contributed by atoms with Gasteiger partial charge in [0.25, 0.3) is 5.91 Å². The Morgan fingerprint density at radius 2 is 2.22 bits per heavy atom. The lowest BCUT2D eigenvalue weighted by Crippen LogP contribution is -2.25. The number of carbonyl (C=O) groups excluding carboxylic acids is 1. The summed E-state index contributed by atoms with van der Waals surface area (Å²) in [6.45, 7) is 2.55. The molecule has 1 aliphatic carbocycles. The number of furan rings is 1. The van der Waals surface area contributed by atoms with Crippen LogP contribution in [-0.2, 0) is 0 Å².